The molecule has 0 aliphatic rings. The molecule has 0 spiro atoms. The Labute approximate surface area is 210 Å². The zero-order valence-corrected chi connectivity index (χ0v) is 21.2. The molecule has 1 heterocycles. The van der Waals surface area contributed by atoms with Crippen molar-refractivity contribution in [2.75, 3.05) is 18.1 Å². The summed E-state index contributed by atoms with van der Waals surface area (Å²) in [4.78, 5) is 41.7. The minimum Gasteiger partial charge on any atom is -0.494 e. The monoisotopic (exact) mass is 493 g/mol. The van der Waals surface area contributed by atoms with Crippen molar-refractivity contribution in [3.63, 3.8) is 0 Å². The van der Waals surface area contributed by atoms with Crippen molar-refractivity contribution in [3.8, 4) is 5.75 Å². The maximum atomic E-state index is 13.7. The topological polar surface area (TPSA) is 87.7 Å². The van der Waals surface area contributed by atoms with E-state index >= 15 is 0 Å². The Balaban J connectivity index is 2.02. The van der Waals surface area contributed by atoms with Gasteiger partial charge in [0.1, 0.15) is 11.8 Å². The van der Waals surface area contributed by atoms with E-state index in [9.17, 15) is 14.4 Å². The Morgan fingerprint density at radius 1 is 1.00 bits per heavy atom. The van der Waals surface area contributed by atoms with Crippen molar-refractivity contribution in [1.29, 1.82) is 0 Å². The van der Waals surface area contributed by atoms with E-state index in [0.717, 1.165) is 0 Å². The summed E-state index contributed by atoms with van der Waals surface area (Å²) in [5.74, 6) is -0.523. The number of hydrogen-bond donors (Lipinski definition) is 2. The second kappa shape index (κ2) is 11.7. The van der Waals surface area contributed by atoms with Gasteiger partial charge in [0.2, 0.25) is 11.8 Å². The first-order valence-corrected chi connectivity index (χ1v) is 12.3. The summed E-state index contributed by atoms with van der Waals surface area (Å²) in [6.45, 7) is 7.71. The first-order valence-electron chi connectivity index (χ1n) is 11.4. The lowest BCUT2D eigenvalue weighted by Crippen LogP contribution is -2.51. The molecular formula is C27H31N3O4S. The summed E-state index contributed by atoms with van der Waals surface area (Å²) in [6, 6.07) is 18.7. The lowest BCUT2D eigenvalue weighted by Gasteiger charge is -2.34. The minimum atomic E-state index is -0.960. The van der Waals surface area contributed by atoms with Gasteiger partial charge in [0.05, 0.1) is 18.0 Å². The third kappa shape index (κ3) is 7.16. The van der Waals surface area contributed by atoms with Gasteiger partial charge in [-0.25, -0.2) is 0 Å². The molecule has 1 unspecified atom stereocenters. The van der Waals surface area contributed by atoms with Crippen molar-refractivity contribution in [2.24, 2.45) is 0 Å². The molecule has 1 aromatic heterocycles. The maximum absolute atomic E-state index is 13.7. The van der Waals surface area contributed by atoms with Gasteiger partial charge in [0, 0.05) is 17.3 Å². The molecule has 2 N–H and O–H groups in total. The van der Waals surface area contributed by atoms with Crippen LogP contribution in [0.4, 0.5) is 5.69 Å². The molecule has 0 aliphatic heterocycles. The van der Waals surface area contributed by atoms with Crippen LogP contribution < -0.4 is 20.3 Å². The number of nitrogens with zero attached hydrogens (tertiary/aromatic N) is 1. The van der Waals surface area contributed by atoms with E-state index in [4.69, 9.17) is 4.74 Å². The molecule has 0 saturated carbocycles. The summed E-state index contributed by atoms with van der Waals surface area (Å²) in [6.07, 6.45) is 0. The largest absolute Gasteiger partial charge is 0.494 e. The lowest BCUT2D eigenvalue weighted by atomic mass is 10.0. The second-order valence-corrected chi connectivity index (χ2v) is 9.85. The van der Waals surface area contributed by atoms with Crippen LogP contribution in [0.15, 0.2) is 72.1 Å². The Morgan fingerprint density at radius 2 is 1.74 bits per heavy atom. The van der Waals surface area contributed by atoms with Crippen LogP contribution in [-0.4, -0.2) is 36.4 Å². The molecule has 3 amide bonds. The Kier molecular flexibility index (Phi) is 8.65. The third-order valence-corrected chi connectivity index (χ3v) is 5.81. The number of hydrogen-bond acceptors (Lipinski definition) is 5. The fraction of sp³-hybridized carbons (Fsp3) is 0.296. The summed E-state index contributed by atoms with van der Waals surface area (Å²) in [5.41, 5.74) is 0.623. The maximum Gasteiger partial charge on any atom is 0.261 e. The number of amides is 3. The van der Waals surface area contributed by atoms with E-state index in [1.54, 1.807) is 41.8 Å². The zero-order valence-electron chi connectivity index (χ0n) is 20.4. The van der Waals surface area contributed by atoms with E-state index in [1.807, 2.05) is 58.0 Å². The lowest BCUT2D eigenvalue weighted by molar-refractivity contribution is -0.127. The van der Waals surface area contributed by atoms with Crippen molar-refractivity contribution < 1.29 is 19.1 Å². The van der Waals surface area contributed by atoms with E-state index < -0.39 is 17.5 Å². The van der Waals surface area contributed by atoms with Gasteiger partial charge >= 0.3 is 0 Å². The van der Waals surface area contributed by atoms with Gasteiger partial charge < -0.3 is 15.4 Å². The third-order valence-electron chi connectivity index (χ3n) is 4.94. The molecule has 0 bridgehead atoms. The molecular weight excluding hydrogens is 462 g/mol. The van der Waals surface area contributed by atoms with Crippen LogP contribution in [0.25, 0.3) is 0 Å². The van der Waals surface area contributed by atoms with Crippen LogP contribution in [0.2, 0.25) is 0 Å². The fourth-order valence-electron chi connectivity index (χ4n) is 3.55. The molecule has 184 valence electrons. The van der Waals surface area contributed by atoms with Crippen molar-refractivity contribution in [1.82, 2.24) is 10.6 Å². The number of carbonyl (C=O) groups excluding carboxylic acids is 3. The van der Waals surface area contributed by atoms with E-state index in [2.05, 4.69) is 10.6 Å². The predicted molar refractivity (Wildman–Crippen MR) is 139 cm³/mol. The average molecular weight is 494 g/mol. The van der Waals surface area contributed by atoms with Crippen molar-refractivity contribution in [2.45, 2.75) is 39.3 Å². The number of thiophene rings is 1. The zero-order chi connectivity index (χ0) is 25.4. The molecule has 3 rings (SSSR count). The van der Waals surface area contributed by atoms with Gasteiger partial charge in [-0.3, -0.25) is 19.3 Å². The van der Waals surface area contributed by atoms with Gasteiger partial charge in [-0.15, -0.1) is 11.3 Å². The van der Waals surface area contributed by atoms with Gasteiger partial charge in [-0.05, 0) is 56.8 Å². The molecule has 7 nitrogen and oxygen atoms in total. The summed E-state index contributed by atoms with van der Waals surface area (Å²) in [5, 5.41) is 7.48. The van der Waals surface area contributed by atoms with Gasteiger partial charge in [0.25, 0.3) is 5.91 Å². The van der Waals surface area contributed by atoms with E-state index in [-0.39, 0.29) is 18.4 Å². The van der Waals surface area contributed by atoms with Crippen LogP contribution in [0.1, 0.15) is 49.0 Å². The normalized spacial score (nSPS) is 11.9. The van der Waals surface area contributed by atoms with Crippen molar-refractivity contribution >= 4 is 34.7 Å². The highest BCUT2D eigenvalue weighted by molar-refractivity contribution is 7.12. The smallest absolute Gasteiger partial charge is 0.261 e. The molecule has 0 fully saturated rings. The number of anilines is 1. The van der Waals surface area contributed by atoms with Crippen LogP contribution in [0.3, 0.4) is 0 Å². The average Bonchev–Trinajstić information content (AvgIpc) is 3.35. The Bertz CT molecular complexity index is 1140. The number of benzene rings is 2. The number of rotatable bonds is 9. The second-order valence-electron chi connectivity index (χ2n) is 8.91. The standard InChI is InChI=1S/C27H31N3O4S/c1-5-34-21-14-9-13-20(17-21)30(23(31)18-28-25(32)22-15-10-16-35-22)24(19-11-7-6-8-12-19)26(33)29-27(2,3)4/h6-17,24H,5,18H2,1-4H3,(H,28,32)(H,29,33). The summed E-state index contributed by atoms with van der Waals surface area (Å²) in [7, 11) is 0. The highest BCUT2D eigenvalue weighted by Gasteiger charge is 2.34. The van der Waals surface area contributed by atoms with Crippen LogP contribution in [-0.2, 0) is 9.59 Å². The predicted octanol–water partition coefficient (Wildman–Crippen LogP) is 4.57. The molecule has 0 radical (unpaired) electrons. The highest BCUT2D eigenvalue weighted by Crippen LogP contribution is 2.31. The summed E-state index contributed by atoms with van der Waals surface area (Å²) >= 11 is 1.29. The molecule has 2 aromatic carbocycles. The number of carbonyl (C=O) groups is 3. The van der Waals surface area contributed by atoms with Gasteiger partial charge in [-0.1, -0.05) is 42.5 Å². The first-order chi connectivity index (χ1) is 16.7. The number of ether oxygens (including phenoxy) is 1. The molecule has 0 saturated heterocycles. The van der Waals surface area contributed by atoms with E-state index in [1.165, 1.54) is 16.2 Å². The highest BCUT2D eigenvalue weighted by atomic mass is 32.1. The summed E-state index contributed by atoms with van der Waals surface area (Å²) < 4.78 is 5.64. The molecule has 35 heavy (non-hydrogen) atoms. The number of nitrogens with one attached hydrogen (secondary N) is 2. The van der Waals surface area contributed by atoms with Crippen LogP contribution >= 0.6 is 11.3 Å². The Hall–Kier alpha value is -3.65. The Morgan fingerprint density at radius 3 is 2.37 bits per heavy atom. The fourth-order valence-corrected chi connectivity index (χ4v) is 4.19. The molecule has 1 atom stereocenters. The molecule has 8 heteroatoms. The SMILES string of the molecule is CCOc1cccc(N(C(=O)CNC(=O)c2cccs2)C(C(=O)NC(C)(C)C)c2ccccc2)c1. The van der Waals surface area contributed by atoms with Gasteiger partial charge in [0.15, 0.2) is 0 Å². The molecule has 0 aliphatic carbocycles. The van der Waals surface area contributed by atoms with E-state index in [0.29, 0.717) is 28.5 Å². The van der Waals surface area contributed by atoms with Crippen LogP contribution in [0, 0.1) is 0 Å². The molecule has 3 aromatic rings. The minimum absolute atomic E-state index is 0.276. The van der Waals surface area contributed by atoms with Crippen molar-refractivity contribution in [3.05, 3.63) is 82.6 Å². The van der Waals surface area contributed by atoms with Crippen LogP contribution in [0.5, 0.6) is 5.75 Å². The first kappa shape index (κ1) is 26.0. The van der Waals surface area contributed by atoms with Gasteiger partial charge in [-0.2, -0.15) is 0 Å². The quantitative estimate of drug-likeness (QED) is 0.457.